The Hall–Kier alpha value is -3.34. The molecule has 5 heteroatoms. The number of carbonyl (C=O) groups is 1. The second kappa shape index (κ2) is 11.0. The van der Waals surface area contributed by atoms with Gasteiger partial charge in [-0.3, -0.25) is 9.59 Å². The maximum Gasteiger partial charge on any atom is 0.224 e. The summed E-state index contributed by atoms with van der Waals surface area (Å²) >= 11 is 0. The van der Waals surface area contributed by atoms with E-state index in [9.17, 15) is 9.59 Å². The lowest BCUT2D eigenvalue weighted by molar-refractivity contribution is -0.120. The van der Waals surface area contributed by atoms with Crippen molar-refractivity contribution in [2.45, 2.75) is 39.3 Å². The number of unbranched alkanes of at least 4 members (excludes halogenated alkanes) is 1. The van der Waals surface area contributed by atoms with Gasteiger partial charge in [-0.2, -0.15) is 0 Å². The lowest BCUT2D eigenvalue weighted by Crippen LogP contribution is -2.26. The summed E-state index contributed by atoms with van der Waals surface area (Å²) in [5.41, 5.74) is 2.76. The highest BCUT2D eigenvalue weighted by atomic mass is 16.5. The van der Waals surface area contributed by atoms with Crippen LogP contribution in [-0.2, 0) is 24.4 Å². The van der Waals surface area contributed by atoms with Crippen molar-refractivity contribution in [3.05, 3.63) is 100.0 Å². The lowest BCUT2D eigenvalue weighted by atomic mass is 10.1. The van der Waals surface area contributed by atoms with Gasteiger partial charge in [0.05, 0.1) is 12.1 Å². The number of carbonyl (C=O) groups excluding carboxylic acids is 1. The van der Waals surface area contributed by atoms with Crippen LogP contribution in [0.25, 0.3) is 0 Å². The van der Waals surface area contributed by atoms with E-state index in [0.29, 0.717) is 25.3 Å². The Kier molecular flexibility index (Phi) is 7.84. The van der Waals surface area contributed by atoms with E-state index in [1.165, 1.54) is 0 Å². The zero-order valence-electron chi connectivity index (χ0n) is 17.3. The number of benzene rings is 2. The molecule has 1 amide bonds. The first-order chi connectivity index (χ1) is 14.6. The third-order valence-corrected chi connectivity index (χ3v) is 4.97. The summed E-state index contributed by atoms with van der Waals surface area (Å²) in [7, 11) is 0. The van der Waals surface area contributed by atoms with Gasteiger partial charge in [0.2, 0.25) is 11.3 Å². The molecule has 1 aromatic heterocycles. The van der Waals surface area contributed by atoms with Crippen molar-refractivity contribution >= 4 is 5.91 Å². The lowest BCUT2D eigenvalue weighted by Gasteiger charge is -2.15. The van der Waals surface area contributed by atoms with E-state index in [2.05, 4.69) is 5.32 Å². The molecular weight excluding hydrogens is 376 g/mol. The van der Waals surface area contributed by atoms with Crippen molar-refractivity contribution in [3.63, 3.8) is 0 Å². The van der Waals surface area contributed by atoms with Crippen LogP contribution in [0.4, 0.5) is 0 Å². The van der Waals surface area contributed by atoms with Gasteiger partial charge < -0.3 is 14.6 Å². The Balaban J connectivity index is 1.45. The molecule has 156 valence electrons. The molecule has 0 aliphatic carbocycles. The SMILES string of the molecule is Cc1c(OCc2ccccc2)c(=O)ccn1CCCCNC(=O)Cc1ccccc1. The molecule has 0 atom stereocenters. The van der Waals surface area contributed by atoms with E-state index < -0.39 is 0 Å². The number of aryl methyl sites for hydroxylation is 1. The number of amides is 1. The van der Waals surface area contributed by atoms with E-state index in [0.717, 1.165) is 36.2 Å². The number of hydrogen-bond donors (Lipinski definition) is 1. The number of nitrogens with zero attached hydrogens (tertiary/aromatic N) is 1. The standard InChI is InChI=1S/C25H28N2O3/c1-20-25(30-19-22-12-6-3-7-13-22)23(28)14-17-27(20)16-9-8-15-26-24(29)18-21-10-4-2-5-11-21/h2-7,10-14,17H,8-9,15-16,18-19H2,1H3,(H,26,29). The van der Waals surface area contributed by atoms with Crippen LogP contribution < -0.4 is 15.5 Å². The molecule has 1 N–H and O–H groups in total. The van der Waals surface area contributed by atoms with E-state index in [-0.39, 0.29) is 11.3 Å². The third-order valence-electron chi connectivity index (χ3n) is 4.97. The van der Waals surface area contributed by atoms with Gasteiger partial charge in [-0.15, -0.1) is 0 Å². The first-order valence-electron chi connectivity index (χ1n) is 10.3. The summed E-state index contributed by atoms with van der Waals surface area (Å²) in [6, 6.07) is 21.1. The van der Waals surface area contributed by atoms with Gasteiger partial charge in [0, 0.05) is 25.4 Å². The summed E-state index contributed by atoms with van der Waals surface area (Å²) in [6.45, 7) is 3.68. The fourth-order valence-corrected chi connectivity index (χ4v) is 3.28. The van der Waals surface area contributed by atoms with Crippen LogP contribution in [0.3, 0.4) is 0 Å². The molecule has 0 saturated heterocycles. The minimum Gasteiger partial charge on any atom is -0.483 e. The molecule has 0 aliphatic rings. The molecule has 2 aromatic carbocycles. The van der Waals surface area contributed by atoms with Crippen LogP contribution in [0.2, 0.25) is 0 Å². The average molecular weight is 405 g/mol. The number of nitrogens with one attached hydrogen (secondary N) is 1. The predicted octanol–water partition coefficient (Wildman–Crippen LogP) is 3.87. The highest BCUT2D eigenvalue weighted by molar-refractivity contribution is 5.78. The molecule has 30 heavy (non-hydrogen) atoms. The molecule has 0 radical (unpaired) electrons. The second-order valence-electron chi connectivity index (χ2n) is 7.28. The smallest absolute Gasteiger partial charge is 0.224 e. The van der Waals surface area contributed by atoms with Gasteiger partial charge in [0.1, 0.15) is 6.61 Å². The summed E-state index contributed by atoms with van der Waals surface area (Å²) in [6.07, 6.45) is 3.97. The number of aromatic nitrogens is 1. The van der Waals surface area contributed by atoms with Crippen molar-refractivity contribution in [1.29, 1.82) is 0 Å². The first kappa shape index (κ1) is 21.4. The molecule has 0 unspecified atom stereocenters. The van der Waals surface area contributed by atoms with Crippen molar-refractivity contribution in [2.75, 3.05) is 6.54 Å². The quantitative estimate of drug-likeness (QED) is 0.522. The van der Waals surface area contributed by atoms with Crippen LogP contribution in [0.5, 0.6) is 5.75 Å². The Morgan fingerprint density at radius 1 is 0.933 bits per heavy atom. The zero-order chi connectivity index (χ0) is 21.2. The normalized spacial score (nSPS) is 10.6. The van der Waals surface area contributed by atoms with Crippen LogP contribution in [0.15, 0.2) is 77.7 Å². The van der Waals surface area contributed by atoms with Crippen LogP contribution >= 0.6 is 0 Å². The maximum absolute atomic E-state index is 12.2. The Bertz CT molecular complexity index is 998. The van der Waals surface area contributed by atoms with Crippen LogP contribution in [0.1, 0.15) is 29.7 Å². The van der Waals surface area contributed by atoms with Crippen molar-refractivity contribution < 1.29 is 9.53 Å². The van der Waals surface area contributed by atoms with Crippen molar-refractivity contribution in [1.82, 2.24) is 9.88 Å². The van der Waals surface area contributed by atoms with Crippen LogP contribution in [0, 0.1) is 6.92 Å². The average Bonchev–Trinajstić information content (AvgIpc) is 2.76. The summed E-state index contributed by atoms with van der Waals surface area (Å²) in [5, 5.41) is 2.97. The predicted molar refractivity (Wildman–Crippen MR) is 119 cm³/mol. The molecule has 3 rings (SSSR count). The summed E-state index contributed by atoms with van der Waals surface area (Å²) < 4.78 is 7.85. The third kappa shape index (κ3) is 6.34. The van der Waals surface area contributed by atoms with E-state index in [4.69, 9.17) is 4.74 Å². The number of ether oxygens (including phenoxy) is 1. The maximum atomic E-state index is 12.2. The van der Waals surface area contributed by atoms with Gasteiger partial charge in [0.25, 0.3) is 0 Å². The number of rotatable bonds is 10. The van der Waals surface area contributed by atoms with Gasteiger partial charge in [-0.1, -0.05) is 60.7 Å². The molecule has 1 heterocycles. The first-order valence-corrected chi connectivity index (χ1v) is 10.3. The summed E-state index contributed by atoms with van der Waals surface area (Å²) in [4.78, 5) is 24.2. The minimum atomic E-state index is -0.104. The molecule has 0 saturated carbocycles. The van der Waals surface area contributed by atoms with E-state index in [1.807, 2.05) is 72.2 Å². The highest BCUT2D eigenvalue weighted by Gasteiger charge is 2.09. The van der Waals surface area contributed by atoms with E-state index >= 15 is 0 Å². The topological polar surface area (TPSA) is 60.3 Å². The molecule has 0 bridgehead atoms. The zero-order valence-corrected chi connectivity index (χ0v) is 17.3. The molecule has 5 nitrogen and oxygen atoms in total. The van der Waals surface area contributed by atoms with Gasteiger partial charge in [-0.25, -0.2) is 0 Å². The van der Waals surface area contributed by atoms with Crippen molar-refractivity contribution in [2.24, 2.45) is 0 Å². The fraction of sp³-hybridized carbons (Fsp3) is 0.280. The number of hydrogen-bond acceptors (Lipinski definition) is 3. The van der Waals surface area contributed by atoms with Crippen molar-refractivity contribution in [3.8, 4) is 5.75 Å². The van der Waals surface area contributed by atoms with Gasteiger partial charge in [-0.05, 0) is 30.9 Å². The Morgan fingerprint density at radius 3 is 2.30 bits per heavy atom. The Labute approximate surface area is 177 Å². The minimum absolute atomic E-state index is 0.0392. The molecular formula is C25H28N2O3. The molecule has 0 aliphatic heterocycles. The highest BCUT2D eigenvalue weighted by Crippen LogP contribution is 2.14. The molecule has 0 fully saturated rings. The van der Waals surface area contributed by atoms with Crippen LogP contribution in [-0.4, -0.2) is 17.0 Å². The second-order valence-corrected chi connectivity index (χ2v) is 7.28. The monoisotopic (exact) mass is 404 g/mol. The van der Waals surface area contributed by atoms with Gasteiger partial charge >= 0.3 is 0 Å². The largest absolute Gasteiger partial charge is 0.483 e. The fourth-order valence-electron chi connectivity index (χ4n) is 3.28. The Morgan fingerprint density at radius 2 is 1.60 bits per heavy atom. The van der Waals surface area contributed by atoms with Gasteiger partial charge in [0.15, 0.2) is 5.75 Å². The molecule has 3 aromatic rings. The van der Waals surface area contributed by atoms with E-state index in [1.54, 1.807) is 12.3 Å². The molecule has 0 spiro atoms. The number of pyridine rings is 1. The summed E-state index contributed by atoms with van der Waals surface area (Å²) in [5.74, 6) is 0.440.